The Morgan fingerprint density at radius 3 is 2.43 bits per heavy atom. The van der Waals surface area contributed by atoms with Gasteiger partial charge in [0.05, 0.1) is 0 Å². The monoisotopic (exact) mass is 402 g/mol. The van der Waals surface area contributed by atoms with Crippen molar-refractivity contribution < 1.29 is 9.90 Å². The summed E-state index contributed by atoms with van der Waals surface area (Å²) in [5.74, 6) is -0.869. The summed E-state index contributed by atoms with van der Waals surface area (Å²) >= 11 is 0. The molecule has 30 heavy (non-hydrogen) atoms. The van der Waals surface area contributed by atoms with E-state index in [-0.39, 0.29) is 0 Å². The third-order valence-electron chi connectivity index (χ3n) is 6.26. The molecule has 156 valence electrons. The molecule has 3 aromatic rings. The quantitative estimate of drug-likeness (QED) is 0.488. The second-order valence-corrected chi connectivity index (χ2v) is 8.25. The van der Waals surface area contributed by atoms with Gasteiger partial charge in [0, 0.05) is 35.6 Å². The van der Waals surface area contributed by atoms with E-state index in [1.807, 2.05) is 59.2 Å². The van der Waals surface area contributed by atoms with Crippen LogP contribution in [0.15, 0.2) is 55.1 Å². The number of hydrogen-bond acceptors (Lipinski definition) is 2. The summed E-state index contributed by atoms with van der Waals surface area (Å²) in [6.07, 6.45) is 9.30. The molecule has 1 aromatic heterocycles. The van der Waals surface area contributed by atoms with E-state index in [1.54, 1.807) is 0 Å². The summed E-state index contributed by atoms with van der Waals surface area (Å²) in [5.41, 5.74) is 4.39. The molecule has 0 saturated heterocycles. The Balaban J connectivity index is 1.69. The number of hydrogen-bond donors (Lipinski definition) is 2. The molecule has 0 radical (unpaired) electrons. The van der Waals surface area contributed by atoms with Crippen molar-refractivity contribution in [3.63, 3.8) is 0 Å². The number of carboxylic acids is 1. The standard InChI is InChI=1S/C26H30N2O2/c1-2-19-13-15-20(16-14-19)18-28-24-12-8-7-11-22(24)23(25(28)26(29)30)17-27-21-9-5-3-4-6-10-21/h2,7-8,11-16,21,27H,1,3-6,9-10,17-18H2,(H,29,30). The van der Waals surface area contributed by atoms with Crippen LogP contribution < -0.4 is 5.32 Å². The highest BCUT2D eigenvalue weighted by Gasteiger charge is 2.23. The van der Waals surface area contributed by atoms with E-state index in [4.69, 9.17) is 0 Å². The zero-order chi connectivity index (χ0) is 20.9. The number of para-hydroxylation sites is 1. The van der Waals surface area contributed by atoms with Gasteiger partial charge in [-0.25, -0.2) is 4.79 Å². The van der Waals surface area contributed by atoms with Gasteiger partial charge < -0.3 is 15.0 Å². The Bertz CT molecular complexity index is 1030. The summed E-state index contributed by atoms with van der Waals surface area (Å²) in [4.78, 5) is 12.3. The van der Waals surface area contributed by atoms with Crippen LogP contribution >= 0.6 is 0 Å². The van der Waals surface area contributed by atoms with Gasteiger partial charge in [0.1, 0.15) is 5.69 Å². The van der Waals surface area contributed by atoms with Crippen LogP contribution in [-0.4, -0.2) is 21.7 Å². The second kappa shape index (κ2) is 9.31. The van der Waals surface area contributed by atoms with Crippen LogP contribution in [-0.2, 0) is 13.1 Å². The summed E-state index contributed by atoms with van der Waals surface area (Å²) < 4.78 is 1.95. The molecule has 4 nitrogen and oxygen atoms in total. The maximum atomic E-state index is 12.3. The zero-order valence-electron chi connectivity index (χ0n) is 17.4. The van der Waals surface area contributed by atoms with Crippen LogP contribution in [0.1, 0.15) is 65.7 Å². The molecule has 1 saturated carbocycles. The van der Waals surface area contributed by atoms with E-state index in [0.29, 0.717) is 24.8 Å². The summed E-state index contributed by atoms with van der Waals surface area (Å²) in [6, 6.07) is 16.6. The van der Waals surface area contributed by atoms with Gasteiger partial charge in [-0.05, 0) is 30.0 Å². The van der Waals surface area contributed by atoms with Crippen molar-refractivity contribution >= 4 is 22.9 Å². The number of aromatic carboxylic acids is 1. The number of rotatable bonds is 7. The molecule has 1 aliphatic rings. The average molecular weight is 403 g/mol. The van der Waals surface area contributed by atoms with Crippen LogP contribution in [0, 0.1) is 0 Å². The molecule has 0 unspecified atom stereocenters. The fraction of sp³-hybridized carbons (Fsp3) is 0.346. The SMILES string of the molecule is C=Cc1ccc(Cn2c(C(=O)O)c(CNC3CCCCCC3)c3ccccc32)cc1. The number of aromatic nitrogens is 1. The molecule has 0 spiro atoms. The van der Waals surface area contributed by atoms with Crippen molar-refractivity contribution in [2.75, 3.05) is 0 Å². The van der Waals surface area contributed by atoms with Crippen molar-refractivity contribution in [3.05, 3.63) is 77.5 Å². The highest BCUT2D eigenvalue weighted by molar-refractivity contribution is 5.98. The fourth-order valence-electron chi connectivity index (χ4n) is 4.63. The zero-order valence-corrected chi connectivity index (χ0v) is 17.4. The van der Waals surface area contributed by atoms with Crippen molar-refractivity contribution in [1.82, 2.24) is 9.88 Å². The third kappa shape index (κ3) is 4.34. The van der Waals surface area contributed by atoms with Crippen molar-refractivity contribution in [1.29, 1.82) is 0 Å². The first kappa shape index (κ1) is 20.4. The average Bonchev–Trinajstić information content (AvgIpc) is 2.90. The number of nitrogens with one attached hydrogen (secondary N) is 1. The molecule has 1 aliphatic carbocycles. The van der Waals surface area contributed by atoms with E-state index in [1.165, 1.54) is 38.5 Å². The summed E-state index contributed by atoms with van der Waals surface area (Å²) in [5, 5.41) is 14.8. The highest BCUT2D eigenvalue weighted by atomic mass is 16.4. The minimum absolute atomic E-state index is 0.394. The molecule has 1 fully saturated rings. The molecule has 0 atom stereocenters. The number of benzene rings is 2. The van der Waals surface area contributed by atoms with Crippen LogP contribution in [0.25, 0.3) is 17.0 Å². The Morgan fingerprint density at radius 2 is 1.77 bits per heavy atom. The Morgan fingerprint density at radius 1 is 1.07 bits per heavy atom. The first-order valence-corrected chi connectivity index (χ1v) is 11.0. The Labute approximate surface area is 178 Å². The molecular formula is C26H30N2O2. The van der Waals surface area contributed by atoms with Gasteiger partial charge in [0.25, 0.3) is 0 Å². The van der Waals surface area contributed by atoms with Gasteiger partial charge in [0.15, 0.2) is 0 Å². The van der Waals surface area contributed by atoms with Gasteiger partial charge in [-0.3, -0.25) is 0 Å². The third-order valence-corrected chi connectivity index (χ3v) is 6.26. The lowest BCUT2D eigenvalue weighted by atomic mass is 10.1. The van der Waals surface area contributed by atoms with E-state index in [0.717, 1.165) is 27.6 Å². The van der Waals surface area contributed by atoms with E-state index < -0.39 is 5.97 Å². The predicted molar refractivity (Wildman–Crippen MR) is 123 cm³/mol. The lowest BCUT2D eigenvalue weighted by Crippen LogP contribution is -2.28. The van der Waals surface area contributed by atoms with Crippen molar-refractivity contribution in [2.45, 2.75) is 57.7 Å². The highest BCUT2D eigenvalue weighted by Crippen LogP contribution is 2.28. The van der Waals surface area contributed by atoms with Crippen molar-refractivity contribution in [2.24, 2.45) is 0 Å². The fourth-order valence-corrected chi connectivity index (χ4v) is 4.63. The molecule has 0 aliphatic heterocycles. The number of nitrogens with zero attached hydrogens (tertiary/aromatic N) is 1. The Hall–Kier alpha value is -2.85. The molecule has 0 bridgehead atoms. The van der Waals surface area contributed by atoms with Gasteiger partial charge in [-0.2, -0.15) is 0 Å². The minimum atomic E-state index is -0.869. The molecule has 1 heterocycles. The van der Waals surface area contributed by atoms with E-state index in [9.17, 15) is 9.90 Å². The smallest absolute Gasteiger partial charge is 0.352 e. The summed E-state index contributed by atoms with van der Waals surface area (Å²) in [6.45, 7) is 4.92. The number of carboxylic acid groups (broad SMARTS) is 1. The lowest BCUT2D eigenvalue weighted by Gasteiger charge is -2.16. The molecule has 2 N–H and O–H groups in total. The normalized spacial score (nSPS) is 15.2. The van der Waals surface area contributed by atoms with Gasteiger partial charge in [0.2, 0.25) is 0 Å². The predicted octanol–water partition coefficient (Wildman–Crippen LogP) is 5.84. The molecular weight excluding hydrogens is 372 g/mol. The molecule has 0 amide bonds. The first-order chi connectivity index (χ1) is 14.7. The van der Waals surface area contributed by atoms with Crippen molar-refractivity contribution in [3.8, 4) is 0 Å². The lowest BCUT2D eigenvalue weighted by molar-refractivity contribution is 0.0684. The second-order valence-electron chi connectivity index (χ2n) is 8.25. The Kier molecular flexibility index (Phi) is 6.34. The van der Waals surface area contributed by atoms with Crippen LogP contribution in [0.2, 0.25) is 0 Å². The largest absolute Gasteiger partial charge is 0.477 e. The minimum Gasteiger partial charge on any atom is -0.477 e. The molecule has 2 aromatic carbocycles. The molecule has 4 rings (SSSR count). The first-order valence-electron chi connectivity index (χ1n) is 11.0. The maximum absolute atomic E-state index is 12.3. The van der Waals surface area contributed by atoms with Gasteiger partial charge in [-0.15, -0.1) is 0 Å². The van der Waals surface area contributed by atoms with Crippen LogP contribution in [0.3, 0.4) is 0 Å². The number of carbonyl (C=O) groups is 1. The van der Waals surface area contributed by atoms with Crippen LogP contribution in [0.5, 0.6) is 0 Å². The van der Waals surface area contributed by atoms with E-state index >= 15 is 0 Å². The van der Waals surface area contributed by atoms with Crippen LogP contribution in [0.4, 0.5) is 0 Å². The number of fused-ring (bicyclic) bond motifs is 1. The summed E-state index contributed by atoms with van der Waals surface area (Å²) in [7, 11) is 0. The molecule has 4 heteroatoms. The van der Waals surface area contributed by atoms with Gasteiger partial charge >= 0.3 is 5.97 Å². The maximum Gasteiger partial charge on any atom is 0.352 e. The van der Waals surface area contributed by atoms with Gasteiger partial charge in [-0.1, -0.05) is 80.8 Å². The topological polar surface area (TPSA) is 54.3 Å². The van der Waals surface area contributed by atoms with E-state index in [2.05, 4.69) is 11.9 Å².